The van der Waals surface area contributed by atoms with E-state index in [0.29, 0.717) is 35.9 Å². The lowest BCUT2D eigenvalue weighted by molar-refractivity contribution is 0.0948. The quantitative estimate of drug-likeness (QED) is 0.671. The van der Waals surface area contributed by atoms with E-state index >= 15 is 0 Å². The van der Waals surface area contributed by atoms with Gasteiger partial charge in [0.15, 0.2) is 0 Å². The first kappa shape index (κ1) is 19.1. The number of aryl methyl sites for hydroxylation is 2. The van der Waals surface area contributed by atoms with E-state index in [1.165, 1.54) is 12.3 Å². The van der Waals surface area contributed by atoms with E-state index in [-0.39, 0.29) is 18.0 Å². The van der Waals surface area contributed by atoms with Gasteiger partial charge in [-0.25, -0.2) is 4.98 Å². The fourth-order valence-electron chi connectivity index (χ4n) is 3.52. The molecule has 29 heavy (non-hydrogen) atoms. The van der Waals surface area contributed by atoms with Crippen LogP contribution >= 0.6 is 0 Å². The monoisotopic (exact) mass is 397 g/mol. The second kappa shape index (κ2) is 8.00. The first-order valence-electron chi connectivity index (χ1n) is 9.48. The van der Waals surface area contributed by atoms with Gasteiger partial charge in [-0.2, -0.15) is 5.10 Å². The number of nitrogens with zero attached hydrogens (tertiary/aromatic N) is 6. The number of hydrogen-bond acceptors (Lipinski definition) is 7. The molecule has 1 aliphatic rings. The van der Waals surface area contributed by atoms with E-state index in [2.05, 4.69) is 25.5 Å². The molecule has 4 rings (SSSR count). The Bertz CT molecular complexity index is 1080. The lowest BCUT2D eigenvalue weighted by Gasteiger charge is -2.19. The summed E-state index contributed by atoms with van der Waals surface area (Å²) in [5, 5.41) is 10.6. The Hall–Kier alpha value is -3.27. The Morgan fingerprint density at radius 1 is 1.31 bits per heavy atom. The number of carbonyl (C=O) groups excluding carboxylic acids is 1. The van der Waals surface area contributed by atoms with Gasteiger partial charge in [-0.15, -0.1) is 0 Å². The van der Waals surface area contributed by atoms with Gasteiger partial charge in [-0.05, 0) is 13.3 Å². The van der Waals surface area contributed by atoms with E-state index < -0.39 is 0 Å². The van der Waals surface area contributed by atoms with Crippen molar-refractivity contribution in [1.82, 2.24) is 34.7 Å². The minimum atomic E-state index is -0.307. The Balaban J connectivity index is 1.49. The van der Waals surface area contributed by atoms with Gasteiger partial charge in [0.1, 0.15) is 17.1 Å². The zero-order valence-electron chi connectivity index (χ0n) is 16.5. The molecule has 0 saturated heterocycles. The second-order valence-electron chi connectivity index (χ2n) is 7.22. The lowest BCUT2D eigenvalue weighted by Crippen LogP contribution is -2.30. The van der Waals surface area contributed by atoms with E-state index in [9.17, 15) is 9.59 Å². The van der Waals surface area contributed by atoms with E-state index in [1.54, 1.807) is 16.2 Å². The van der Waals surface area contributed by atoms with Crippen molar-refractivity contribution in [3.8, 4) is 0 Å². The van der Waals surface area contributed by atoms with Crippen molar-refractivity contribution in [3.63, 3.8) is 0 Å². The molecule has 0 spiro atoms. The third kappa shape index (κ3) is 4.27. The fourth-order valence-corrected chi connectivity index (χ4v) is 3.52. The van der Waals surface area contributed by atoms with Gasteiger partial charge in [0.2, 0.25) is 0 Å². The molecule has 0 atom stereocenters. The maximum atomic E-state index is 12.6. The smallest absolute Gasteiger partial charge is 0.256 e. The van der Waals surface area contributed by atoms with Crippen LogP contribution in [0.5, 0.6) is 0 Å². The molecule has 1 N–H and O–H groups in total. The van der Waals surface area contributed by atoms with Crippen molar-refractivity contribution < 1.29 is 9.32 Å². The summed E-state index contributed by atoms with van der Waals surface area (Å²) in [4.78, 5) is 31.7. The number of amides is 1. The molecule has 10 nitrogen and oxygen atoms in total. The summed E-state index contributed by atoms with van der Waals surface area (Å²) in [5.74, 6) is 0.853. The summed E-state index contributed by atoms with van der Waals surface area (Å²) >= 11 is 0. The van der Waals surface area contributed by atoms with Gasteiger partial charge in [-0.1, -0.05) is 5.16 Å². The summed E-state index contributed by atoms with van der Waals surface area (Å²) in [6.07, 6.45) is 6.09. The molecule has 10 heteroatoms. The number of hydrogen-bond donors (Lipinski definition) is 1. The van der Waals surface area contributed by atoms with Crippen molar-refractivity contribution in [2.24, 2.45) is 7.05 Å². The minimum Gasteiger partial charge on any atom is -0.361 e. The fraction of sp³-hybridized carbons (Fsp3) is 0.421. The van der Waals surface area contributed by atoms with Gasteiger partial charge in [0, 0.05) is 44.5 Å². The maximum Gasteiger partial charge on any atom is 0.256 e. The Labute approximate surface area is 167 Å². The van der Waals surface area contributed by atoms with Crippen LogP contribution in [0.25, 0.3) is 0 Å². The van der Waals surface area contributed by atoms with Crippen molar-refractivity contribution in [2.75, 3.05) is 6.54 Å². The van der Waals surface area contributed by atoms with Crippen molar-refractivity contribution in [2.45, 2.75) is 39.5 Å². The molecule has 0 aromatic carbocycles. The largest absolute Gasteiger partial charge is 0.361 e. The third-order valence-electron chi connectivity index (χ3n) is 4.95. The van der Waals surface area contributed by atoms with Crippen LogP contribution in [0.1, 0.15) is 39.6 Å². The highest BCUT2D eigenvalue weighted by Crippen LogP contribution is 2.13. The molecule has 0 bridgehead atoms. The topological polar surface area (TPSA) is 111 Å². The molecule has 3 aromatic heterocycles. The SMILES string of the molecule is Cc1oncc1C(=O)NCc1cc(=O)n2c(n1)CN(Cc1cnn(C)c1)CCC2. The van der Waals surface area contributed by atoms with Gasteiger partial charge in [-0.3, -0.25) is 23.7 Å². The van der Waals surface area contributed by atoms with Crippen LogP contribution in [0.4, 0.5) is 0 Å². The highest BCUT2D eigenvalue weighted by Gasteiger charge is 2.19. The highest BCUT2D eigenvalue weighted by molar-refractivity contribution is 5.94. The number of rotatable bonds is 5. The average Bonchev–Trinajstić information content (AvgIpc) is 3.23. The molecule has 1 amide bonds. The second-order valence-corrected chi connectivity index (χ2v) is 7.22. The highest BCUT2D eigenvalue weighted by atomic mass is 16.5. The van der Waals surface area contributed by atoms with Gasteiger partial charge >= 0.3 is 0 Å². The number of fused-ring (bicyclic) bond motifs is 1. The normalized spacial score (nSPS) is 14.4. The predicted molar refractivity (Wildman–Crippen MR) is 103 cm³/mol. The molecule has 0 aliphatic carbocycles. The predicted octanol–water partition coefficient (Wildman–Crippen LogP) is 0.609. The van der Waals surface area contributed by atoms with E-state index in [0.717, 1.165) is 25.1 Å². The standard InChI is InChI=1S/C19H23N7O3/c1-13-16(9-22-29-13)19(28)20-8-15-6-18(27)26-5-3-4-25(12-17(26)23-15)11-14-7-21-24(2)10-14/h6-7,9-10H,3-5,8,11-12H2,1-2H3,(H,20,28). The molecular weight excluding hydrogens is 374 g/mol. The molecule has 3 aromatic rings. The summed E-state index contributed by atoms with van der Waals surface area (Å²) in [6, 6.07) is 1.49. The van der Waals surface area contributed by atoms with E-state index in [1.807, 2.05) is 19.4 Å². The van der Waals surface area contributed by atoms with Crippen LogP contribution in [0.15, 0.2) is 34.0 Å². The van der Waals surface area contributed by atoms with Crippen LogP contribution < -0.4 is 10.9 Å². The van der Waals surface area contributed by atoms with Crippen LogP contribution in [0.3, 0.4) is 0 Å². The van der Waals surface area contributed by atoms with Crippen LogP contribution in [-0.4, -0.2) is 41.8 Å². The van der Waals surface area contributed by atoms with Crippen LogP contribution in [0, 0.1) is 6.92 Å². The number of carbonyl (C=O) groups is 1. The lowest BCUT2D eigenvalue weighted by atomic mass is 10.2. The first-order chi connectivity index (χ1) is 14.0. The van der Waals surface area contributed by atoms with Gasteiger partial charge in [0.05, 0.1) is 31.2 Å². The molecule has 0 radical (unpaired) electrons. The zero-order valence-corrected chi connectivity index (χ0v) is 16.5. The van der Waals surface area contributed by atoms with Gasteiger partial charge < -0.3 is 9.84 Å². The minimum absolute atomic E-state index is 0.0939. The molecular formula is C19H23N7O3. The molecule has 152 valence electrons. The van der Waals surface area contributed by atoms with Crippen molar-refractivity contribution >= 4 is 5.91 Å². The van der Waals surface area contributed by atoms with Crippen LogP contribution in [0.2, 0.25) is 0 Å². The summed E-state index contributed by atoms with van der Waals surface area (Å²) in [5.41, 5.74) is 1.94. The third-order valence-corrected chi connectivity index (χ3v) is 4.95. The maximum absolute atomic E-state index is 12.6. The first-order valence-corrected chi connectivity index (χ1v) is 9.48. The van der Waals surface area contributed by atoms with Gasteiger partial charge in [0.25, 0.3) is 11.5 Å². The van der Waals surface area contributed by atoms with Crippen LogP contribution in [-0.2, 0) is 33.2 Å². The number of aromatic nitrogens is 5. The Morgan fingerprint density at radius 2 is 2.17 bits per heavy atom. The number of nitrogens with one attached hydrogen (secondary N) is 1. The summed E-state index contributed by atoms with van der Waals surface area (Å²) in [6.45, 7) is 4.66. The Kier molecular flexibility index (Phi) is 5.26. The zero-order chi connectivity index (χ0) is 20.4. The summed E-state index contributed by atoms with van der Waals surface area (Å²) < 4.78 is 8.42. The van der Waals surface area contributed by atoms with Crippen molar-refractivity contribution in [1.29, 1.82) is 0 Å². The summed E-state index contributed by atoms with van der Waals surface area (Å²) in [7, 11) is 1.89. The average molecular weight is 397 g/mol. The van der Waals surface area contributed by atoms with Crippen molar-refractivity contribution in [3.05, 3.63) is 63.4 Å². The molecule has 0 unspecified atom stereocenters. The molecule has 4 heterocycles. The molecule has 1 aliphatic heterocycles. The Morgan fingerprint density at radius 3 is 2.90 bits per heavy atom. The molecule has 0 fully saturated rings. The van der Waals surface area contributed by atoms with E-state index in [4.69, 9.17) is 4.52 Å². The molecule has 0 saturated carbocycles.